The first kappa shape index (κ1) is 7.54. The number of hydrogen-bond donors (Lipinski definition) is 2. The zero-order valence-electron chi connectivity index (χ0n) is 6.31. The Labute approximate surface area is 64.2 Å². The summed E-state index contributed by atoms with van der Waals surface area (Å²) in [5, 5.41) is 5.92. The zero-order chi connectivity index (χ0) is 7.40. The van der Waals surface area contributed by atoms with E-state index in [1.165, 1.54) is 0 Å². The highest BCUT2D eigenvalue weighted by Gasteiger charge is 2.20. The third kappa shape index (κ3) is 1.70. The van der Waals surface area contributed by atoms with Crippen molar-refractivity contribution in [2.24, 2.45) is 0 Å². The van der Waals surface area contributed by atoms with Gasteiger partial charge < -0.3 is 10.6 Å². The molecule has 1 rings (SSSR count). The van der Waals surface area contributed by atoms with Crippen LogP contribution in [0.25, 0.3) is 0 Å². The lowest BCUT2D eigenvalue weighted by Crippen LogP contribution is -2.40. The van der Waals surface area contributed by atoms with Crippen LogP contribution in [0, 0.1) is 0 Å². The molecule has 3 nitrogen and oxygen atoms in total. The quantitative estimate of drug-likeness (QED) is 0.591. The van der Waals surface area contributed by atoms with Gasteiger partial charge in [-0.05, 0) is 26.3 Å². The third-order valence-corrected chi connectivity index (χ3v) is 1.73. The number of amides is 1. The Morgan fingerprint density at radius 1 is 1.90 bits per heavy atom. The van der Waals surface area contributed by atoms with Crippen molar-refractivity contribution in [3.63, 3.8) is 0 Å². The maximum absolute atomic E-state index is 11.1. The van der Waals surface area contributed by atoms with Crippen LogP contribution in [-0.4, -0.2) is 25.0 Å². The van der Waals surface area contributed by atoms with Crippen molar-refractivity contribution in [3.8, 4) is 0 Å². The molecule has 1 aliphatic rings. The molecule has 10 heavy (non-hydrogen) atoms. The Hall–Kier alpha value is -0.570. The Morgan fingerprint density at radius 3 is 3.20 bits per heavy atom. The van der Waals surface area contributed by atoms with Crippen LogP contribution < -0.4 is 10.6 Å². The van der Waals surface area contributed by atoms with Gasteiger partial charge in [0.2, 0.25) is 5.91 Å². The second-order valence-corrected chi connectivity index (χ2v) is 2.54. The van der Waals surface area contributed by atoms with Crippen molar-refractivity contribution in [1.82, 2.24) is 10.6 Å². The fourth-order valence-electron chi connectivity index (χ4n) is 1.21. The van der Waals surface area contributed by atoms with E-state index in [4.69, 9.17) is 0 Å². The van der Waals surface area contributed by atoms with Crippen LogP contribution in [0.5, 0.6) is 0 Å². The van der Waals surface area contributed by atoms with Gasteiger partial charge in [0.05, 0.1) is 6.04 Å². The van der Waals surface area contributed by atoms with Crippen LogP contribution >= 0.6 is 0 Å². The first-order valence-electron chi connectivity index (χ1n) is 3.85. The molecule has 0 unspecified atom stereocenters. The molecule has 0 radical (unpaired) electrons. The minimum atomic E-state index is 0. The molecule has 1 amide bonds. The summed E-state index contributed by atoms with van der Waals surface area (Å²) in [7, 11) is 0. The molecule has 0 aromatic heterocycles. The minimum Gasteiger partial charge on any atom is -0.355 e. The second-order valence-electron chi connectivity index (χ2n) is 2.54. The molecule has 0 aromatic carbocycles. The summed E-state index contributed by atoms with van der Waals surface area (Å²) in [6.45, 7) is 3.66. The van der Waals surface area contributed by atoms with Gasteiger partial charge in [0.25, 0.3) is 0 Å². The smallest absolute Gasteiger partial charge is 0.237 e. The fourth-order valence-corrected chi connectivity index (χ4v) is 1.21. The standard InChI is InChI=1S/C7H14N2O.2H2/c1-2-8-7(10)6-4-3-5-9-6;;/h6,9H,2-5H2,1H3,(H,8,10);2*1H/t6-;;/m0../s1. The van der Waals surface area contributed by atoms with E-state index >= 15 is 0 Å². The monoisotopic (exact) mass is 146 g/mol. The highest BCUT2D eigenvalue weighted by atomic mass is 16.2. The van der Waals surface area contributed by atoms with Gasteiger partial charge in [-0.25, -0.2) is 0 Å². The Bertz CT molecular complexity index is 127. The van der Waals surface area contributed by atoms with Crippen molar-refractivity contribution < 1.29 is 7.65 Å². The molecule has 0 spiro atoms. The summed E-state index contributed by atoms with van der Waals surface area (Å²) in [5.41, 5.74) is 0. The van der Waals surface area contributed by atoms with Gasteiger partial charge in [-0.15, -0.1) is 0 Å². The van der Waals surface area contributed by atoms with Gasteiger partial charge >= 0.3 is 0 Å². The molecule has 1 heterocycles. The van der Waals surface area contributed by atoms with Crippen molar-refractivity contribution in [1.29, 1.82) is 0 Å². The van der Waals surface area contributed by atoms with Gasteiger partial charge in [-0.3, -0.25) is 4.79 Å². The van der Waals surface area contributed by atoms with Gasteiger partial charge in [-0.1, -0.05) is 0 Å². The largest absolute Gasteiger partial charge is 0.355 e. The zero-order valence-corrected chi connectivity index (χ0v) is 6.31. The lowest BCUT2D eigenvalue weighted by molar-refractivity contribution is -0.122. The maximum Gasteiger partial charge on any atom is 0.237 e. The van der Waals surface area contributed by atoms with Crippen molar-refractivity contribution >= 4 is 5.91 Å². The first-order valence-corrected chi connectivity index (χ1v) is 3.85. The molecule has 1 aliphatic heterocycles. The normalized spacial score (nSPS) is 24.7. The number of hydrogen-bond acceptors (Lipinski definition) is 2. The predicted octanol–water partition coefficient (Wildman–Crippen LogP) is 0.366. The van der Waals surface area contributed by atoms with Crippen LogP contribution in [-0.2, 0) is 4.79 Å². The summed E-state index contributed by atoms with van der Waals surface area (Å²) in [6.07, 6.45) is 2.12. The van der Waals surface area contributed by atoms with Crippen LogP contribution in [0.3, 0.4) is 0 Å². The van der Waals surface area contributed by atoms with Crippen LogP contribution in [0.2, 0.25) is 0 Å². The maximum atomic E-state index is 11.1. The average molecular weight is 146 g/mol. The minimum absolute atomic E-state index is 0. The molecule has 1 atom stereocenters. The molecule has 0 aromatic rings. The van der Waals surface area contributed by atoms with Crippen molar-refractivity contribution in [2.45, 2.75) is 25.8 Å². The van der Waals surface area contributed by atoms with Gasteiger partial charge in [0.15, 0.2) is 0 Å². The van der Waals surface area contributed by atoms with Gasteiger partial charge in [-0.2, -0.15) is 0 Å². The van der Waals surface area contributed by atoms with E-state index in [-0.39, 0.29) is 14.8 Å². The molecule has 0 saturated carbocycles. The Morgan fingerprint density at radius 2 is 2.70 bits per heavy atom. The van der Waals surface area contributed by atoms with Crippen molar-refractivity contribution in [2.75, 3.05) is 13.1 Å². The van der Waals surface area contributed by atoms with Crippen LogP contribution in [0.15, 0.2) is 0 Å². The van der Waals surface area contributed by atoms with E-state index in [0.717, 1.165) is 25.9 Å². The fraction of sp³-hybridized carbons (Fsp3) is 0.857. The van der Waals surface area contributed by atoms with E-state index in [1.807, 2.05) is 6.92 Å². The summed E-state index contributed by atoms with van der Waals surface area (Å²) >= 11 is 0. The number of carbonyl (C=O) groups excluding carboxylic acids is 1. The molecule has 2 N–H and O–H groups in total. The highest BCUT2D eigenvalue weighted by Crippen LogP contribution is 2.03. The van der Waals surface area contributed by atoms with E-state index < -0.39 is 0 Å². The molecule has 1 saturated heterocycles. The lowest BCUT2D eigenvalue weighted by atomic mass is 10.2. The molecule has 0 bridgehead atoms. The number of carbonyl (C=O) groups is 1. The summed E-state index contributed by atoms with van der Waals surface area (Å²) in [5.74, 6) is 0.153. The predicted molar refractivity (Wildman–Crippen MR) is 43.9 cm³/mol. The van der Waals surface area contributed by atoms with Gasteiger partial charge in [0, 0.05) is 9.40 Å². The molecule has 0 aliphatic carbocycles. The molecule has 62 valence electrons. The molecular weight excluding hydrogens is 128 g/mol. The third-order valence-electron chi connectivity index (χ3n) is 1.73. The summed E-state index contributed by atoms with van der Waals surface area (Å²) in [4.78, 5) is 11.1. The number of nitrogens with one attached hydrogen (secondary N) is 2. The van der Waals surface area contributed by atoms with E-state index in [0.29, 0.717) is 0 Å². The molecular formula is C7H18N2O. The SMILES string of the molecule is CCNC(=O)[C@@H]1CCCN1.[HH].[HH]. The first-order chi connectivity index (χ1) is 4.84. The van der Waals surface area contributed by atoms with Crippen molar-refractivity contribution in [3.05, 3.63) is 0 Å². The van der Waals surface area contributed by atoms with Gasteiger partial charge in [0.1, 0.15) is 0 Å². The average Bonchev–Trinajstić information content (AvgIpc) is 2.38. The number of likely N-dealkylation sites (N-methyl/N-ethyl adjacent to an activating group) is 1. The Balaban J connectivity index is 0. The molecule has 1 fully saturated rings. The molecule has 3 heteroatoms. The van der Waals surface area contributed by atoms with E-state index in [9.17, 15) is 4.79 Å². The number of rotatable bonds is 2. The highest BCUT2D eigenvalue weighted by molar-refractivity contribution is 5.81. The van der Waals surface area contributed by atoms with Crippen LogP contribution in [0.1, 0.15) is 22.6 Å². The van der Waals surface area contributed by atoms with E-state index in [1.54, 1.807) is 0 Å². The van der Waals surface area contributed by atoms with Crippen LogP contribution in [0.4, 0.5) is 0 Å². The lowest BCUT2D eigenvalue weighted by Gasteiger charge is -2.08. The second kappa shape index (κ2) is 3.56. The summed E-state index contributed by atoms with van der Waals surface area (Å²) in [6, 6.07) is 0.0833. The Kier molecular flexibility index (Phi) is 2.68. The topological polar surface area (TPSA) is 41.1 Å². The van der Waals surface area contributed by atoms with E-state index in [2.05, 4.69) is 10.6 Å². The summed E-state index contributed by atoms with van der Waals surface area (Å²) < 4.78 is 0.